The van der Waals surface area contributed by atoms with Crippen LogP contribution in [0.25, 0.3) is 292 Å². The third kappa shape index (κ3) is 10.1. The predicted octanol–water partition coefficient (Wildman–Crippen LogP) is 31.1. The highest BCUT2D eigenvalue weighted by atomic mass is 16.3. The van der Waals surface area contributed by atoms with Gasteiger partial charge in [-0.25, -0.2) is 19.9 Å². The minimum absolute atomic E-state index is 0.429. The monoisotopic (exact) mass is 1660 g/mol. The maximum Gasteiger partial charge on any atom is 0.238 e. The molecule has 12 heteroatoms. The van der Waals surface area contributed by atoms with Gasteiger partial charge in [0.25, 0.3) is 0 Å². The van der Waals surface area contributed by atoms with Gasteiger partial charge in [0.2, 0.25) is 5.95 Å². The zero-order chi connectivity index (χ0) is 84.7. The minimum atomic E-state index is 0.429. The molecule has 0 fully saturated rings. The maximum absolute atomic E-state index is 7.48. The summed E-state index contributed by atoms with van der Waals surface area (Å²) in [6.07, 6.45) is 0. The number of nitrogens with zero attached hydrogens (tertiary/aromatic N) is 9. The van der Waals surface area contributed by atoms with Crippen molar-refractivity contribution in [3.05, 3.63) is 394 Å². The summed E-state index contributed by atoms with van der Waals surface area (Å²) in [7, 11) is 0. The van der Waals surface area contributed by atoms with Crippen LogP contribution < -0.4 is 0 Å². The Balaban J connectivity index is 0.664. The summed E-state index contributed by atoms with van der Waals surface area (Å²) in [5, 5.41) is 27.3. The molecular weight excluding hydrogens is 1590 g/mol. The molecule has 29 aromatic rings. The van der Waals surface area contributed by atoms with E-state index in [4.69, 9.17) is 43.2 Å². The fraction of sp³-hybridized carbons (Fsp3) is 0. The van der Waals surface area contributed by atoms with Gasteiger partial charge in [0.05, 0.1) is 66.4 Å². The van der Waals surface area contributed by atoms with Crippen LogP contribution in [0, 0.1) is 0 Å². The Morgan fingerprint density at radius 2 is 0.554 bits per heavy atom. The quantitative estimate of drug-likeness (QED) is 0.130. The normalized spacial score (nSPS) is 12.3. The first-order valence-corrected chi connectivity index (χ1v) is 43.9. The summed E-state index contributed by atoms with van der Waals surface area (Å²) < 4.78 is 28.7. The van der Waals surface area contributed by atoms with E-state index in [-0.39, 0.29) is 0 Å². The molecule has 0 aliphatic carbocycles. The van der Waals surface area contributed by atoms with Gasteiger partial charge in [0, 0.05) is 75.9 Å². The number of hydrogen-bond donors (Lipinski definition) is 0. The van der Waals surface area contributed by atoms with E-state index < -0.39 is 0 Å². The molecule has 0 bridgehead atoms. The van der Waals surface area contributed by atoms with Crippen molar-refractivity contribution in [2.75, 3.05) is 0 Å². The lowest BCUT2D eigenvalue weighted by Gasteiger charge is -2.19. The molecule has 0 aliphatic rings. The number of rotatable bonds is 9. The SMILES string of the molecule is c1ccc2cc3c(cc2c1)c1cc2ccccc2cc1n3-c1c(-c2nc(-c3cccc4c(-c5cccc6oc7c(-c8nc(-c9c(-n%10c%11ccccc%11c%11cc%12ccccc%12cc%11%10)c%10c%11ccccc%11oc%10c%10ccccc9%10)nc(-n9c%10ccccc%10c%10ccccc%109)n8)cccc7c56)cccc34)nc(-c3cc4ccccc4c4ccccc34)n2)ccc2oc3ccccc3c12. The smallest absolute Gasteiger partial charge is 0.238 e. The number of aromatic nitrogens is 9. The number of hydrogen-bond acceptors (Lipinski definition) is 9. The largest absolute Gasteiger partial charge is 0.456 e. The van der Waals surface area contributed by atoms with Gasteiger partial charge in [-0.3, -0.25) is 4.57 Å². The average Bonchev–Trinajstić information content (AvgIpc) is 1.60. The standard InChI is InChI=1S/C118H65N9O3/c1-4-30-69-63-98-91(59-66(69)27-1)81-39-15-18-51-95(81)125(98)110-107-87-43-17-22-55-102(87)129-112(107)84-41-12-11-40-83(84)108(110)117-122-115(123-118(124-117)127-96-52-19-13-37-79(96)80-38-14-20-53-97(80)127)90-50-25-49-88-105-82(47-26-56-103(105)130-111(88)90)76-45-23-46-77-75(76)44-24-48-85(77)113-119-114(121-116(120-113)94-62-72-33-7-8-34-73(72)74-35-9-10-36-78(74)94)89-57-58-104-106(86-42-16-21-54-101(86)128-104)109(89)126-99-64-70-31-5-2-28-67(70)60-92(99)93-61-68-29-3-6-32-71(68)65-100(93)126/h1-65H. The van der Waals surface area contributed by atoms with Crippen LogP contribution in [-0.4, -0.2) is 43.6 Å². The summed E-state index contributed by atoms with van der Waals surface area (Å²) >= 11 is 0. The van der Waals surface area contributed by atoms with Crippen LogP contribution in [0.5, 0.6) is 0 Å². The molecule has 29 rings (SSSR count). The lowest BCUT2D eigenvalue weighted by molar-refractivity contribution is 0.668. The van der Waals surface area contributed by atoms with E-state index in [0.29, 0.717) is 51.8 Å². The summed E-state index contributed by atoms with van der Waals surface area (Å²) in [4.78, 5) is 35.1. The van der Waals surface area contributed by atoms with Crippen LogP contribution in [-0.2, 0) is 0 Å². The Hall–Kier alpha value is -17.7. The summed E-state index contributed by atoms with van der Waals surface area (Å²) in [6.45, 7) is 0. The lowest BCUT2D eigenvalue weighted by atomic mass is 9.92. The van der Waals surface area contributed by atoms with E-state index in [2.05, 4.69) is 396 Å². The van der Waals surface area contributed by atoms with E-state index in [0.717, 1.165) is 240 Å². The summed E-state index contributed by atoms with van der Waals surface area (Å²) in [6, 6.07) is 141. The van der Waals surface area contributed by atoms with Gasteiger partial charge >= 0.3 is 0 Å². The third-order valence-corrected chi connectivity index (χ3v) is 27.2. The van der Waals surface area contributed by atoms with Crippen LogP contribution in [0.4, 0.5) is 0 Å². The third-order valence-electron chi connectivity index (χ3n) is 27.2. The van der Waals surface area contributed by atoms with Crippen LogP contribution in [0.3, 0.4) is 0 Å². The predicted molar refractivity (Wildman–Crippen MR) is 533 cm³/mol. The van der Waals surface area contributed by atoms with Gasteiger partial charge in [-0.1, -0.05) is 297 Å². The number of para-hydroxylation sites is 6. The first-order chi connectivity index (χ1) is 64.5. The van der Waals surface area contributed by atoms with Crippen molar-refractivity contribution in [3.8, 4) is 85.4 Å². The first kappa shape index (κ1) is 70.6. The minimum Gasteiger partial charge on any atom is -0.456 e. The molecule has 8 aromatic heterocycles. The molecule has 0 saturated carbocycles. The molecule has 8 heterocycles. The fourth-order valence-electron chi connectivity index (χ4n) is 21.6. The second-order valence-electron chi connectivity index (χ2n) is 34.2. The second kappa shape index (κ2) is 26.9. The van der Waals surface area contributed by atoms with E-state index in [1.165, 1.54) is 0 Å². The zero-order valence-electron chi connectivity index (χ0n) is 69.3. The van der Waals surface area contributed by atoms with Gasteiger partial charge in [-0.05, 0) is 178 Å². The average molecular weight is 1660 g/mol. The van der Waals surface area contributed by atoms with Crippen LogP contribution in [0.15, 0.2) is 408 Å². The highest BCUT2D eigenvalue weighted by molar-refractivity contribution is 6.28. The van der Waals surface area contributed by atoms with Crippen molar-refractivity contribution in [1.29, 1.82) is 0 Å². The van der Waals surface area contributed by atoms with E-state index in [1.807, 2.05) is 12.1 Å². The molecule has 0 N–H and O–H groups in total. The first-order valence-electron chi connectivity index (χ1n) is 43.9. The summed E-state index contributed by atoms with van der Waals surface area (Å²) in [5.74, 6) is 2.89. The summed E-state index contributed by atoms with van der Waals surface area (Å²) in [5.41, 5.74) is 18.2. The van der Waals surface area contributed by atoms with E-state index >= 15 is 0 Å². The number of fused-ring (bicyclic) bond motifs is 27. The van der Waals surface area contributed by atoms with Crippen molar-refractivity contribution in [1.82, 2.24) is 43.6 Å². The van der Waals surface area contributed by atoms with Gasteiger partial charge in [-0.15, -0.1) is 0 Å². The van der Waals surface area contributed by atoms with Crippen LogP contribution >= 0.6 is 0 Å². The van der Waals surface area contributed by atoms with E-state index in [1.54, 1.807) is 0 Å². The van der Waals surface area contributed by atoms with Crippen molar-refractivity contribution < 1.29 is 13.3 Å². The molecule has 21 aromatic carbocycles. The van der Waals surface area contributed by atoms with Crippen molar-refractivity contribution in [2.24, 2.45) is 0 Å². The number of furan rings is 3. The van der Waals surface area contributed by atoms with Gasteiger partial charge < -0.3 is 22.4 Å². The highest BCUT2D eigenvalue weighted by Crippen LogP contribution is 2.52. The van der Waals surface area contributed by atoms with Gasteiger partial charge in [0.15, 0.2) is 29.1 Å². The van der Waals surface area contributed by atoms with Crippen LogP contribution in [0.1, 0.15) is 0 Å². The van der Waals surface area contributed by atoms with Crippen molar-refractivity contribution in [2.45, 2.75) is 0 Å². The molecule has 0 saturated heterocycles. The molecule has 130 heavy (non-hydrogen) atoms. The molecule has 0 atom stereocenters. The molecule has 0 spiro atoms. The Labute approximate surface area is 738 Å². The zero-order valence-corrected chi connectivity index (χ0v) is 69.3. The molecule has 0 aliphatic heterocycles. The molecule has 0 radical (unpaired) electrons. The van der Waals surface area contributed by atoms with Crippen molar-refractivity contribution >= 4 is 207 Å². The lowest BCUT2D eigenvalue weighted by Crippen LogP contribution is -2.08. The van der Waals surface area contributed by atoms with Crippen LogP contribution in [0.2, 0.25) is 0 Å². The highest BCUT2D eigenvalue weighted by Gasteiger charge is 2.32. The van der Waals surface area contributed by atoms with E-state index in [9.17, 15) is 0 Å². The molecule has 12 nitrogen and oxygen atoms in total. The maximum atomic E-state index is 7.48. The van der Waals surface area contributed by atoms with Crippen molar-refractivity contribution in [3.63, 3.8) is 0 Å². The number of benzene rings is 21. The topological polar surface area (TPSA) is 132 Å². The Bertz CT molecular complexity index is 9930. The Morgan fingerprint density at radius 1 is 0.169 bits per heavy atom. The van der Waals surface area contributed by atoms with Gasteiger partial charge in [-0.2, -0.15) is 9.97 Å². The molecule has 600 valence electrons. The second-order valence-corrected chi connectivity index (χ2v) is 34.2. The van der Waals surface area contributed by atoms with Gasteiger partial charge in [0.1, 0.15) is 33.5 Å². The molecule has 0 unspecified atom stereocenters. The fourth-order valence-corrected chi connectivity index (χ4v) is 21.6. The Kier molecular flexibility index (Phi) is 14.6. The molecular formula is C118H65N9O3. The Morgan fingerprint density at radius 3 is 1.19 bits per heavy atom. The molecule has 0 amide bonds.